The lowest BCUT2D eigenvalue weighted by molar-refractivity contribution is -0.121. The van der Waals surface area contributed by atoms with Gasteiger partial charge in [0.1, 0.15) is 0 Å². The van der Waals surface area contributed by atoms with Crippen molar-refractivity contribution in [3.8, 4) is 0 Å². The maximum Gasteiger partial charge on any atom is 0.220 e. The summed E-state index contributed by atoms with van der Waals surface area (Å²) < 4.78 is 0. The summed E-state index contributed by atoms with van der Waals surface area (Å²) in [5.41, 5.74) is 0. The fourth-order valence-corrected chi connectivity index (χ4v) is 1.23. The van der Waals surface area contributed by atoms with E-state index in [-0.39, 0.29) is 5.91 Å². The molecule has 0 saturated heterocycles. The minimum atomic E-state index is 0.135. The van der Waals surface area contributed by atoms with Crippen LogP contribution < -0.4 is 10.6 Å². The molecular weight excluding hydrogens is 176 g/mol. The van der Waals surface area contributed by atoms with Crippen LogP contribution in [0.5, 0.6) is 0 Å². The van der Waals surface area contributed by atoms with Crippen LogP contribution in [0.1, 0.15) is 32.1 Å². The molecular formula is C11H20N2O. The van der Waals surface area contributed by atoms with E-state index in [1.165, 1.54) is 12.8 Å². The van der Waals surface area contributed by atoms with Crippen LogP contribution in [0.15, 0.2) is 12.7 Å². The average molecular weight is 196 g/mol. The zero-order valence-corrected chi connectivity index (χ0v) is 8.72. The average Bonchev–Trinajstić information content (AvgIpc) is 2.98. The third-order valence-corrected chi connectivity index (χ3v) is 2.26. The second-order valence-electron chi connectivity index (χ2n) is 3.76. The lowest BCUT2D eigenvalue weighted by Crippen LogP contribution is -2.27. The van der Waals surface area contributed by atoms with Crippen LogP contribution in [0, 0.1) is 0 Å². The van der Waals surface area contributed by atoms with Gasteiger partial charge in [0.05, 0.1) is 0 Å². The number of carbonyl (C=O) groups is 1. The molecule has 1 fully saturated rings. The Morgan fingerprint density at radius 1 is 1.43 bits per heavy atom. The van der Waals surface area contributed by atoms with E-state index >= 15 is 0 Å². The molecule has 0 atom stereocenters. The molecule has 14 heavy (non-hydrogen) atoms. The van der Waals surface area contributed by atoms with Crippen LogP contribution >= 0.6 is 0 Å². The monoisotopic (exact) mass is 196 g/mol. The predicted molar refractivity (Wildman–Crippen MR) is 58.1 cm³/mol. The van der Waals surface area contributed by atoms with Crippen molar-refractivity contribution in [3.05, 3.63) is 12.7 Å². The molecule has 1 saturated carbocycles. The topological polar surface area (TPSA) is 41.1 Å². The second kappa shape index (κ2) is 6.60. The molecule has 0 heterocycles. The number of hydrogen-bond donors (Lipinski definition) is 2. The van der Waals surface area contributed by atoms with E-state index in [1.54, 1.807) is 6.08 Å². The normalized spacial score (nSPS) is 15.1. The summed E-state index contributed by atoms with van der Waals surface area (Å²) in [6.07, 6.45) is 6.79. The molecule has 0 aromatic rings. The summed E-state index contributed by atoms with van der Waals surface area (Å²) in [4.78, 5) is 11.1. The van der Waals surface area contributed by atoms with E-state index in [1.807, 2.05) is 0 Å². The molecule has 1 aliphatic carbocycles. The third-order valence-electron chi connectivity index (χ3n) is 2.26. The van der Waals surface area contributed by atoms with Crippen LogP contribution in [0.2, 0.25) is 0 Å². The van der Waals surface area contributed by atoms with Gasteiger partial charge in [0.2, 0.25) is 5.91 Å². The Balaban J connectivity index is 1.81. The highest BCUT2D eigenvalue weighted by atomic mass is 16.1. The van der Waals surface area contributed by atoms with Crippen molar-refractivity contribution in [2.75, 3.05) is 13.1 Å². The molecule has 1 aliphatic rings. The van der Waals surface area contributed by atoms with Crippen molar-refractivity contribution in [2.45, 2.75) is 38.1 Å². The maximum absolute atomic E-state index is 11.1. The first kappa shape index (κ1) is 11.2. The third kappa shape index (κ3) is 5.75. The molecule has 0 bridgehead atoms. The first-order chi connectivity index (χ1) is 6.83. The van der Waals surface area contributed by atoms with Gasteiger partial charge in [-0.25, -0.2) is 0 Å². The van der Waals surface area contributed by atoms with E-state index in [0.29, 0.717) is 6.42 Å². The number of rotatable bonds is 8. The SMILES string of the molecule is C=CCCC(=O)NCCCNC1CC1. The highest BCUT2D eigenvalue weighted by Crippen LogP contribution is 2.18. The van der Waals surface area contributed by atoms with E-state index in [4.69, 9.17) is 0 Å². The fraction of sp³-hybridized carbons (Fsp3) is 0.727. The zero-order valence-electron chi connectivity index (χ0n) is 8.72. The molecule has 0 unspecified atom stereocenters. The van der Waals surface area contributed by atoms with E-state index in [0.717, 1.165) is 32.0 Å². The van der Waals surface area contributed by atoms with Crippen LogP contribution in [-0.2, 0) is 4.79 Å². The van der Waals surface area contributed by atoms with Gasteiger partial charge in [-0.15, -0.1) is 6.58 Å². The van der Waals surface area contributed by atoms with Crippen LogP contribution in [-0.4, -0.2) is 25.0 Å². The number of nitrogens with one attached hydrogen (secondary N) is 2. The second-order valence-corrected chi connectivity index (χ2v) is 3.76. The van der Waals surface area contributed by atoms with Crippen molar-refractivity contribution in [1.29, 1.82) is 0 Å². The van der Waals surface area contributed by atoms with Crippen molar-refractivity contribution in [3.63, 3.8) is 0 Å². The lowest BCUT2D eigenvalue weighted by Gasteiger charge is -2.04. The van der Waals surface area contributed by atoms with Gasteiger partial charge >= 0.3 is 0 Å². The van der Waals surface area contributed by atoms with E-state index < -0.39 is 0 Å². The molecule has 0 aromatic carbocycles. The summed E-state index contributed by atoms with van der Waals surface area (Å²) in [6, 6.07) is 0.770. The summed E-state index contributed by atoms with van der Waals surface area (Å²) in [5.74, 6) is 0.135. The first-order valence-corrected chi connectivity index (χ1v) is 5.44. The van der Waals surface area contributed by atoms with Gasteiger partial charge in [0.15, 0.2) is 0 Å². The molecule has 80 valence electrons. The minimum absolute atomic E-state index is 0.135. The van der Waals surface area contributed by atoms with Gasteiger partial charge in [-0.05, 0) is 32.2 Å². The zero-order chi connectivity index (χ0) is 10.2. The molecule has 0 aliphatic heterocycles. The Morgan fingerprint density at radius 2 is 2.21 bits per heavy atom. The molecule has 2 N–H and O–H groups in total. The largest absolute Gasteiger partial charge is 0.356 e. The first-order valence-electron chi connectivity index (χ1n) is 5.44. The van der Waals surface area contributed by atoms with E-state index in [2.05, 4.69) is 17.2 Å². The number of allylic oxidation sites excluding steroid dienone is 1. The van der Waals surface area contributed by atoms with Crippen LogP contribution in [0.3, 0.4) is 0 Å². The number of amides is 1. The van der Waals surface area contributed by atoms with Gasteiger partial charge in [-0.1, -0.05) is 6.08 Å². The standard InChI is InChI=1S/C11H20N2O/c1-2-3-5-11(14)13-9-4-8-12-10-6-7-10/h2,10,12H,1,3-9H2,(H,13,14). The molecule has 3 nitrogen and oxygen atoms in total. The number of carbonyl (C=O) groups excluding carboxylic acids is 1. The van der Waals surface area contributed by atoms with Crippen molar-refractivity contribution in [2.24, 2.45) is 0 Å². The molecule has 0 aromatic heterocycles. The van der Waals surface area contributed by atoms with E-state index in [9.17, 15) is 4.79 Å². The van der Waals surface area contributed by atoms with Crippen LogP contribution in [0.4, 0.5) is 0 Å². The molecule has 1 rings (SSSR count). The number of hydrogen-bond acceptors (Lipinski definition) is 2. The summed E-state index contributed by atoms with van der Waals surface area (Å²) in [6.45, 7) is 5.39. The Bertz CT molecular complexity index is 188. The van der Waals surface area contributed by atoms with Crippen molar-refractivity contribution < 1.29 is 4.79 Å². The van der Waals surface area contributed by atoms with Gasteiger partial charge in [-0.3, -0.25) is 4.79 Å². The van der Waals surface area contributed by atoms with Crippen LogP contribution in [0.25, 0.3) is 0 Å². The van der Waals surface area contributed by atoms with Gasteiger partial charge < -0.3 is 10.6 Å². The minimum Gasteiger partial charge on any atom is -0.356 e. The summed E-state index contributed by atoms with van der Waals surface area (Å²) in [7, 11) is 0. The van der Waals surface area contributed by atoms with Gasteiger partial charge in [-0.2, -0.15) is 0 Å². The predicted octanol–water partition coefficient (Wildman–Crippen LogP) is 1.21. The van der Waals surface area contributed by atoms with Crippen molar-refractivity contribution in [1.82, 2.24) is 10.6 Å². The Labute approximate surface area is 86.0 Å². The Morgan fingerprint density at radius 3 is 2.86 bits per heavy atom. The highest BCUT2D eigenvalue weighted by molar-refractivity contribution is 5.75. The molecule has 3 heteroatoms. The highest BCUT2D eigenvalue weighted by Gasteiger charge is 2.19. The fourth-order valence-electron chi connectivity index (χ4n) is 1.23. The quantitative estimate of drug-likeness (QED) is 0.452. The Kier molecular flexibility index (Phi) is 5.30. The summed E-state index contributed by atoms with van der Waals surface area (Å²) in [5, 5.41) is 6.29. The molecule has 0 radical (unpaired) electrons. The smallest absolute Gasteiger partial charge is 0.220 e. The summed E-state index contributed by atoms with van der Waals surface area (Å²) >= 11 is 0. The molecule has 0 spiro atoms. The Hall–Kier alpha value is -0.830. The van der Waals surface area contributed by atoms with Crippen molar-refractivity contribution >= 4 is 5.91 Å². The lowest BCUT2D eigenvalue weighted by atomic mass is 10.3. The van der Waals surface area contributed by atoms with Gasteiger partial charge in [0, 0.05) is 19.0 Å². The molecule has 1 amide bonds. The maximum atomic E-state index is 11.1. The van der Waals surface area contributed by atoms with Gasteiger partial charge in [0.25, 0.3) is 0 Å².